The summed E-state index contributed by atoms with van der Waals surface area (Å²) in [6, 6.07) is 12.4. The molecule has 1 aromatic carbocycles. The summed E-state index contributed by atoms with van der Waals surface area (Å²) in [5.41, 5.74) is 2.35. The molecule has 1 atom stereocenters. The van der Waals surface area contributed by atoms with Gasteiger partial charge in [-0.05, 0) is 37.7 Å². The molecule has 0 fully saturated rings. The fourth-order valence-corrected chi connectivity index (χ4v) is 2.32. The normalized spacial score (nSPS) is 11.9. The van der Waals surface area contributed by atoms with Gasteiger partial charge in [0.1, 0.15) is 0 Å². The van der Waals surface area contributed by atoms with Gasteiger partial charge in [0, 0.05) is 19.3 Å². The van der Waals surface area contributed by atoms with E-state index in [1.165, 1.54) is 5.56 Å². The topological polar surface area (TPSA) is 41.9 Å². The van der Waals surface area contributed by atoms with Crippen molar-refractivity contribution in [3.8, 4) is 0 Å². The lowest BCUT2D eigenvalue weighted by Gasteiger charge is -2.18. The molecule has 0 spiro atoms. The Bertz CT molecular complexity index is 550. The van der Waals surface area contributed by atoms with Crippen LogP contribution in [0.5, 0.6) is 0 Å². The molecule has 4 nitrogen and oxygen atoms in total. The fraction of sp³-hybridized carbons (Fsp3) is 0.333. The molecular formula is C15H20N4S. The molecule has 0 aliphatic carbocycles. The number of hydrogen-bond donors (Lipinski definition) is 2. The van der Waals surface area contributed by atoms with Gasteiger partial charge in [-0.25, -0.2) is 0 Å². The maximum atomic E-state index is 5.33. The van der Waals surface area contributed by atoms with Crippen LogP contribution in [-0.2, 0) is 13.1 Å². The highest BCUT2D eigenvalue weighted by Crippen LogP contribution is 2.11. The summed E-state index contributed by atoms with van der Waals surface area (Å²) in [5.74, 6) is 0. The van der Waals surface area contributed by atoms with E-state index in [0.29, 0.717) is 5.11 Å². The van der Waals surface area contributed by atoms with Crippen molar-refractivity contribution < 1.29 is 0 Å². The third-order valence-corrected chi connectivity index (χ3v) is 3.40. The smallest absolute Gasteiger partial charge is 0.167 e. The SMILES string of the molecule is CCn1nccc1C(C)NC(=S)NCc1ccccc1. The van der Waals surface area contributed by atoms with E-state index in [4.69, 9.17) is 12.2 Å². The highest BCUT2D eigenvalue weighted by atomic mass is 32.1. The lowest BCUT2D eigenvalue weighted by atomic mass is 10.2. The van der Waals surface area contributed by atoms with Gasteiger partial charge in [-0.3, -0.25) is 4.68 Å². The molecule has 0 aliphatic rings. The zero-order valence-corrected chi connectivity index (χ0v) is 12.7. The lowest BCUT2D eigenvalue weighted by molar-refractivity contribution is 0.563. The predicted molar refractivity (Wildman–Crippen MR) is 85.3 cm³/mol. The maximum absolute atomic E-state index is 5.33. The molecule has 2 aromatic rings. The summed E-state index contributed by atoms with van der Waals surface area (Å²) in [6.45, 7) is 5.75. The minimum Gasteiger partial charge on any atom is -0.359 e. The molecule has 0 bridgehead atoms. The number of aromatic nitrogens is 2. The number of benzene rings is 1. The third-order valence-electron chi connectivity index (χ3n) is 3.14. The first-order valence-corrected chi connectivity index (χ1v) is 7.21. The van der Waals surface area contributed by atoms with E-state index in [-0.39, 0.29) is 6.04 Å². The first kappa shape index (κ1) is 14.5. The van der Waals surface area contributed by atoms with E-state index >= 15 is 0 Å². The van der Waals surface area contributed by atoms with Crippen LogP contribution >= 0.6 is 12.2 Å². The van der Waals surface area contributed by atoms with Gasteiger partial charge in [-0.15, -0.1) is 0 Å². The zero-order valence-electron chi connectivity index (χ0n) is 11.8. The van der Waals surface area contributed by atoms with Crippen molar-refractivity contribution >= 4 is 17.3 Å². The number of nitrogens with one attached hydrogen (secondary N) is 2. The van der Waals surface area contributed by atoms with E-state index < -0.39 is 0 Å². The monoisotopic (exact) mass is 288 g/mol. The minimum absolute atomic E-state index is 0.133. The van der Waals surface area contributed by atoms with Crippen LogP contribution in [0.2, 0.25) is 0 Å². The second-order valence-electron chi connectivity index (χ2n) is 4.61. The van der Waals surface area contributed by atoms with Gasteiger partial charge < -0.3 is 10.6 Å². The Morgan fingerprint density at radius 2 is 2.05 bits per heavy atom. The lowest BCUT2D eigenvalue weighted by Crippen LogP contribution is -2.37. The Morgan fingerprint density at radius 1 is 1.30 bits per heavy atom. The molecule has 20 heavy (non-hydrogen) atoms. The Morgan fingerprint density at radius 3 is 2.75 bits per heavy atom. The third kappa shape index (κ3) is 3.81. The fourth-order valence-electron chi connectivity index (χ4n) is 2.07. The first-order valence-electron chi connectivity index (χ1n) is 6.80. The largest absolute Gasteiger partial charge is 0.359 e. The van der Waals surface area contributed by atoms with Crippen molar-refractivity contribution in [1.29, 1.82) is 0 Å². The van der Waals surface area contributed by atoms with E-state index in [1.54, 1.807) is 0 Å². The van der Waals surface area contributed by atoms with Gasteiger partial charge >= 0.3 is 0 Å². The van der Waals surface area contributed by atoms with Crippen LogP contribution < -0.4 is 10.6 Å². The highest BCUT2D eigenvalue weighted by molar-refractivity contribution is 7.80. The zero-order chi connectivity index (χ0) is 14.4. The maximum Gasteiger partial charge on any atom is 0.167 e. The van der Waals surface area contributed by atoms with E-state index in [2.05, 4.69) is 41.7 Å². The standard InChI is InChI=1S/C15H20N4S/c1-3-19-14(9-10-17-19)12(2)18-15(20)16-11-13-7-5-4-6-8-13/h4-10,12H,3,11H2,1-2H3,(H2,16,18,20). The molecule has 0 saturated carbocycles. The summed E-state index contributed by atoms with van der Waals surface area (Å²) in [6.07, 6.45) is 1.82. The van der Waals surface area contributed by atoms with E-state index in [0.717, 1.165) is 18.8 Å². The van der Waals surface area contributed by atoms with Crippen molar-refractivity contribution in [3.05, 3.63) is 53.9 Å². The van der Waals surface area contributed by atoms with Crippen molar-refractivity contribution in [3.63, 3.8) is 0 Å². The molecule has 0 amide bonds. The molecule has 1 heterocycles. The summed E-state index contributed by atoms with van der Waals surface area (Å²) < 4.78 is 1.97. The second kappa shape index (κ2) is 7.05. The van der Waals surface area contributed by atoms with Gasteiger partial charge in [0.25, 0.3) is 0 Å². The molecule has 1 aromatic heterocycles. The van der Waals surface area contributed by atoms with Gasteiger partial charge in [-0.1, -0.05) is 30.3 Å². The van der Waals surface area contributed by atoms with Crippen LogP contribution in [0.15, 0.2) is 42.6 Å². The van der Waals surface area contributed by atoms with Gasteiger partial charge in [0.15, 0.2) is 5.11 Å². The summed E-state index contributed by atoms with van der Waals surface area (Å²) >= 11 is 5.33. The van der Waals surface area contributed by atoms with Crippen LogP contribution in [0.1, 0.15) is 31.1 Å². The van der Waals surface area contributed by atoms with Crippen molar-refractivity contribution in [2.45, 2.75) is 33.0 Å². The van der Waals surface area contributed by atoms with Crippen molar-refractivity contribution in [1.82, 2.24) is 20.4 Å². The van der Waals surface area contributed by atoms with Crippen LogP contribution in [0.25, 0.3) is 0 Å². The highest BCUT2D eigenvalue weighted by Gasteiger charge is 2.11. The quantitative estimate of drug-likeness (QED) is 0.830. The molecule has 5 heteroatoms. The molecule has 106 valence electrons. The second-order valence-corrected chi connectivity index (χ2v) is 5.01. The first-order chi connectivity index (χ1) is 9.70. The van der Waals surface area contributed by atoms with Gasteiger partial charge in [0.05, 0.1) is 11.7 Å². The Hall–Kier alpha value is -1.88. The molecule has 0 saturated heterocycles. The molecular weight excluding hydrogens is 268 g/mol. The van der Waals surface area contributed by atoms with E-state index in [1.807, 2.05) is 35.1 Å². The number of thiocarbonyl (C=S) groups is 1. The average molecular weight is 288 g/mol. The number of nitrogens with zero attached hydrogens (tertiary/aromatic N) is 2. The summed E-state index contributed by atoms with van der Waals surface area (Å²) in [5, 5.41) is 11.4. The Labute approximate surface area is 125 Å². The Kier molecular flexibility index (Phi) is 5.12. The molecule has 2 rings (SSSR count). The molecule has 0 radical (unpaired) electrons. The van der Waals surface area contributed by atoms with Crippen LogP contribution in [-0.4, -0.2) is 14.9 Å². The van der Waals surface area contributed by atoms with Gasteiger partial charge in [0.2, 0.25) is 0 Å². The summed E-state index contributed by atoms with van der Waals surface area (Å²) in [7, 11) is 0. The predicted octanol–water partition coefficient (Wildman–Crippen LogP) is 2.63. The van der Waals surface area contributed by atoms with Crippen molar-refractivity contribution in [2.24, 2.45) is 0 Å². The number of aryl methyl sites for hydroxylation is 1. The van der Waals surface area contributed by atoms with Crippen LogP contribution in [0.3, 0.4) is 0 Å². The number of rotatable bonds is 5. The minimum atomic E-state index is 0.133. The van der Waals surface area contributed by atoms with Crippen molar-refractivity contribution in [2.75, 3.05) is 0 Å². The molecule has 2 N–H and O–H groups in total. The molecule has 1 unspecified atom stereocenters. The summed E-state index contributed by atoms with van der Waals surface area (Å²) in [4.78, 5) is 0. The van der Waals surface area contributed by atoms with Crippen LogP contribution in [0, 0.1) is 0 Å². The van der Waals surface area contributed by atoms with Gasteiger partial charge in [-0.2, -0.15) is 5.10 Å². The number of hydrogen-bond acceptors (Lipinski definition) is 2. The average Bonchev–Trinajstić information content (AvgIpc) is 2.95. The Balaban J connectivity index is 1.85. The van der Waals surface area contributed by atoms with Crippen LogP contribution in [0.4, 0.5) is 0 Å². The van der Waals surface area contributed by atoms with E-state index in [9.17, 15) is 0 Å². The molecule has 0 aliphatic heterocycles.